The molecule has 0 aliphatic heterocycles. The molecule has 0 N–H and O–H groups in total. The summed E-state index contributed by atoms with van der Waals surface area (Å²) in [6.07, 6.45) is 5.99. The van der Waals surface area contributed by atoms with E-state index in [2.05, 4.69) is 10.3 Å². The Labute approximate surface area is 104 Å². The van der Waals surface area contributed by atoms with Gasteiger partial charge in [-0.1, -0.05) is 30.5 Å². The maximum absolute atomic E-state index is 10.8. The van der Waals surface area contributed by atoms with E-state index in [4.69, 9.17) is 0 Å². The monoisotopic (exact) mass is 244 g/mol. The Morgan fingerprint density at radius 3 is 2.78 bits per heavy atom. The fraction of sp³-hybridized carbons (Fsp3) is 0.462. The van der Waals surface area contributed by atoms with Crippen LogP contribution in [0.25, 0.3) is 11.0 Å². The molecule has 0 radical (unpaired) electrons. The van der Waals surface area contributed by atoms with Crippen molar-refractivity contribution in [2.45, 2.75) is 38.1 Å². The summed E-state index contributed by atoms with van der Waals surface area (Å²) in [5, 5.41) is 19.0. The van der Waals surface area contributed by atoms with Gasteiger partial charge in [0.2, 0.25) is 0 Å². The Morgan fingerprint density at radius 2 is 2.06 bits per heavy atom. The van der Waals surface area contributed by atoms with Crippen molar-refractivity contribution in [2.75, 3.05) is 0 Å². The maximum Gasteiger partial charge on any atom is 0.113 e. The minimum Gasteiger partial charge on any atom is -0.545 e. The summed E-state index contributed by atoms with van der Waals surface area (Å²) in [7, 11) is 0. The number of fused-ring (bicyclic) bond motifs is 1. The van der Waals surface area contributed by atoms with Crippen molar-refractivity contribution < 1.29 is 9.90 Å². The fourth-order valence-electron chi connectivity index (χ4n) is 2.66. The van der Waals surface area contributed by atoms with Crippen molar-refractivity contribution in [1.82, 2.24) is 15.0 Å². The predicted molar refractivity (Wildman–Crippen MR) is 64.0 cm³/mol. The summed E-state index contributed by atoms with van der Waals surface area (Å²) in [4.78, 5) is 10.8. The van der Waals surface area contributed by atoms with Gasteiger partial charge in [-0.3, -0.25) is 0 Å². The molecule has 0 spiro atoms. The van der Waals surface area contributed by atoms with Crippen molar-refractivity contribution in [1.29, 1.82) is 0 Å². The van der Waals surface area contributed by atoms with Gasteiger partial charge in [0.15, 0.2) is 0 Å². The van der Waals surface area contributed by atoms with E-state index in [1.54, 1.807) is 12.1 Å². The quantitative estimate of drug-likeness (QED) is 0.798. The van der Waals surface area contributed by atoms with Crippen molar-refractivity contribution in [3.8, 4) is 0 Å². The SMILES string of the molecule is O=C([O-])c1ccc2c(c1)nnn2C1CCCCC1. The van der Waals surface area contributed by atoms with Crippen molar-refractivity contribution in [2.24, 2.45) is 0 Å². The second-order valence-electron chi connectivity index (χ2n) is 4.82. The summed E-state index contributed by atoms with van der Waals surface area (Å²) in [5.74, 6) is -1.18. The average Bonchev–Trinajstić information content (AvgIpc) is 2.82. The molecule has 1 heterocycles. The third-order valence-electron chi connectivity index (χ3n) is 3.63. The number of carboxylic acid groups (broad SMARTS) is 1. The molecule has 1 fully saturated rings. The molecule has 94 valence electrons. The minimum absolute atomic E-state index is 0.151. The van der Waals surface area contributed by atoms with Gasteiger partial charge in [-0.25, -0.2) is 4.68 Å². The molecule has 0 unspecified atom stereocenters. The maximum atomic E-state index is 10.8. The number of hydrogen-bond acceptors (Lipinski definition) is 4. The van der Waals surface area contributed by atoms with Gasteiger partial charge in [-0.05, 0) is 30.5 Å². The van der Waals surface area contributed by atoms with Crippen molar-refractivity contribution in [3.63, 3.8) is 0 Å². The molecule has 0 amide bonds. The number of carbonyl (C=O) groups excluding carboxylic acids is 1. The molecule has 1 aromatic heterocycles. The number of hydrogen-bond donors (Lipinski definition) is 0. The molecule has 0 bridgehead atoms. The second-order valence-corrected chi connectivity index (χ2v) is 4.82. The van der Waals surface area contributed by atoms with Gasteiger partial charge in [0.1, 0.15) is 5.52 Å². The van der Waals surface area contributed by atoms with Crippen LogP contribution in [-0.4, -0.2) is 21.0 Å². The second kappa shape index (κ2) is 4.40. The van der Waals surface area contributed by atoms with Gasteiger partial charge in [0.25, 0.3) is 0 Å². The van der Waals surface area contributed by atoms with E-state index in [9.17, 15) is 9.90 Å². The first-order chi connectivity index (χ1) is 8.75. The molecular formula is C13H14N3O2-. The average molecular weight is 244 g/mol. The lowest BCUT2D eigenvalue weighted by Crippen LogP contribution is -2.22. The molecule has 5 nitrogen and oxygen atoms in total. The standard InChI is InChI=1S/C13H15N3O2/c17-13(18)9-6-7-12-11(8-9)14-15-16(12)10-4-2-1-3-5-10/h6-8,10H,1-5H2,(H,17,18)/p-1. The first kappa shape index (κ1) is 11.2. The van der Waals surface area contributed by atoms with E-state index < -0.39 is 5.97 Å². The smallest absolute Gasteiger partial charge is 0.113 e. The van der Waals surface area contributed by atoms with Crippen LogP contribution >= 0.6 is 0 Å². The summed E-state index contributed by atoms with van der Waals surface area (Å²) >= 11 is 0. The Bertz CT molecular complexity index is 585. The van der Waals surface area contributed by atoms with Crippen LogP contribution in [0.4, 0.5) is 0 Å². The Morgan fingerprint density at radius 1 is 1.28 bits per heavy atom. The highest BCUT2D eigenvalue weighted by atomic mass is 16.4. The summed E-state index contributed by atoms with van der Waals surface area (Å²) in [5.41, 5.74) is 1.69. The first-order valence-electron chi connectivity index (χ1n) is 6.32. The van der Waals surface area contributed by atoms with E-state index in [0.717, 1.165) is 18.4 Å². The molecule has 3 rings (SSSR count). The van der Waals surface area contributed by atoms with E-state index >= 15 is 0 Å². The summed E-state index contributed by atoms with van der Waals surface area (Å²) < 4.78 is 1.94. The van der Waals surface area contributed by atoms with Crippen LogP contribution in [0.3, 0.4) is 0 Å². The fourth-order valence-corrected chi connectivity index (χ4v) is 2.66. The van der Waals surface area contributed by atoms with Crippen LogP contribution in [-0.2, 0) is 0 Å². The predicted octanol–water partition coefficient (Wildman–Crippen LogP) is 1.30. The van der Waals surface area contributed by atoms with Crippen LogP contribution < -0.4 is 5.11 Å². The van der Waals surface area contributed by atoms with E-state index in [1.165, 1.54) is 25.3 Å². The lowest BCUT2D eigenvalue weighted by Gasteiger charge is -2.21. The zero-order valence-corrected chi connectivity index (χ0v) is 10.0. The van der Waals surface area contributed by atoms with Gasteiger partial charge in [0, 0.05) is 0 Å². The largest absolute Gasteiger partial charge is 0.545 e. The molecule has 1 aliphatic rings. The number of nitrogens with zero attached hydrogens (tertiary/aromatic N) is 3. The molecule has 5 heteroatoms. The molecule has 0 atom stereocenters. The van der Waals surface area contributed by atoms with E-state index in [0.29, 0.717) is 11.6 Å². The van der Waals surface area contributed by atoms with Gasteiger partial charge in [0.05, 0.1) is 17.5 Å². The number of aromatic nitrogens is 3. The molecule has 1 saturated carbocycles. The Kier molecular flexibility index (Phi) is 2.74. The third-order valence-corrected chi connectivity index (χ3v) is 3.63. The molecule has 1 aliphatic carbocycles. The van der Waals surface area contributed by atoms with E-state index in [1.807, 2.05) is 4.68 Å². The number of rotatable bonds is 2. The molecule has 18 heavy (non-hydrogen) atoms. The topological polar surface area (TPSA) is 70.8 Å². The van der Waals surface area contributed by atoms with Crippen LogP contribution in [0.2, 0.25) is 0 Å². The van der Waals surface area contributed by atoms with Gasteiger partial charge in [-0.2, -0.15) is 0 Å². The zero-order chi connectivity index (χ0) is 12.5. The highest BCUT2D eigenvalue weighted by Gasteiger charge is 2.18. The zero-order valence-electron chi connectivity index (χ0n) is 10.0. The minimum atomic E-state index is -1.18. The number of benzene rings is 1. The third kappa shape index (κ3) is 1.85. The summed E-state index contributed by atoms with van der Waals surface area (Å²) in [6, 6.07) is 5.25. The van der Waals surface area contributed by atoms with Crippen LogP contribution in [0.5, 0.6) is 0 Å². The molecule has 0 saturated heterocycles. The Balaban J connectivity index is 2.01. The number of aromatic carboxylic acids is 1. The lowest BCUT2D eigenvalue weighted by molar-refractivity contribution is -0.255. The number of carboxylic acids is 1. The van der Waals surface area contributed by atoms with Crippen LogP contribution in [0.1, 0.15) is 48.5 Å². The molecule has 1 aromatic carbocycles. The van der Waals surface area contributed by atoms with Gasteiger partial charge >= 0.3 is 0 Å². The number of carbonyl (C=O) groups is 1. The Hall–Kier alpha value is -1.91. The molecule has 2 aromatic rings. The van der Waals surface area contributed by atoms with Crippen molar-refractivity contribution in [3.05, 3.63) is 23.8 Å². The highest BCUT2D eigenvalue weighted by Crippen LogP contribution is 2.29. The van der Waals surface area contributed by atoms with Crippen LogP contribution in [0, 0.1) is 0 Å². The van der Waals surface area contributed by atoms with Gasteiger partial charge in [-0.15, -0.1) is 5.10 Å². The molecular weight excluding hydrogens is 230 g/mol. The normalized spacial score (nSPS) is 17.1. The van der Waals surface area contributed by atoms with Gasteiger partial charge < -0.3 is 9.90 Å². The summed E-state index contributed by atoms with van der Waals surface area (Å²) in [6.45, 7) is 0. The first-order valence-corrected chi connectivity index (χ1v) is 6.32. The highest BCUT2D eigenvalue weighted by molar-refractivity contribution is 5.90. The van der Waals surface area contributed by atoms with E-state index in [-0.39, 0.29) is 5.56 Å². The lowest BCUT2D eigenvalue weighted by atomic mass is 9.95. The van der Waals surface area contributed by atoms with Crippen molar-refractivity contribution >= 4 is 17.0 Å². The van der Waals surface area contributed by atoms with Crippen LogP contribution in [0.15, 0.2) is 18.2 Å².